The van der Waals surface area contributed by atoms with Crippen molar-refractivity contribution in [1.29, 1.82) is 0 Å². The molecule has 15 heavy (non-hydrogen) atoms. The summed E-state index contributed by atoms with van der Waals surface area (Å²) in [5, 5.41) is 17.9. The Kier molecular flexibility index (Phi) is 2.68. The first-order valence-corrected chi connectivity index (χ1v) is 5.08. The van der Waals surface area contributed by atoms with E-state index < -0.39 is 4.92 Å². The van der Waals surface area contributed by atoms with Crippen molar-refractivity contribution in [3.63, 3.8) is 0 Å². The molecule has 0 amide bonds. The summed E-state index contributed by atoms with van der Waals surface area (Å²) in [7, 11) is 0. The Morgan fingerprint density at radius 2 is 2.60 bits per heavy atom. The average Bonchev–Trinajstić information content (AvgIpc) is 2.75. The molecule has 0 bridgehead atoms. The van der Waals surface area contributed by atoms with Gasteiger partial charge in [0.1, 0.15) is 0 Å². The zero-order valence-electron chi connectivity index (χ0n) is 8.64. The van der Waals surface area contributed by atoms with Gasteiger partial charge in [0, 0.05) is 6.04 Å². The van der Waals surface area contributed by atoms with Crippen LogP contribution in [0.25, 0.3) is 0 Å². The summed E-state index contributed by atoms with van der Waals surface area (Å²) in [5.74, 6) is -0.0343. The molecule has 1 aliphatic rings. The molecule has 1 N–H and O–H groups in total. The molecule has 0 unspecified atom stereocenters. The van der Waals surface area contributed by atoms with E-state index in [9.17, 15) is 10.1 Å². The summed E-state index contributed by atoms with van der Waals surface area (Å²) in [4.78, 5) is 10.1. The third-order valence-electron chi connectivity index (χ3n) is 2.66. The fraction of sp³-hybridized carbons (Fsp3) is 0.667. The summed E-state index contributed by atoms with van der Waals surface area (Å²) < 4.78 is 1.66. The SMILES string of the molecule is Cc1cn(C[C@@H]2CCCN2)nc1[N+](=O)[O-]. The quantitative estimate of drug-likeness (QED) is 0.593. The molecular weight excluding hydrogens is 196 g/mol. The van der Waals surface area contributed by atoms with Gasteiger partial charge in [0.05, 0.1) is 23.4 Å². The number of aryl methyl sites for hydroxylation is 1. The van der Waals surface area contributed by atoms with Crippen LogP contribution in [-0.4, -0.2) is 27.3 Å². The number of hydrogen-bond acceptors (Lipinski definition) is 4. The van der Waals surface area contributed by atoms with Crippen LogP contribution >= 0.6 is 0 Å². The Bertz CT molecular complexity index is 368. The van der Waals surface area contributed by atoms with E-state index in [-0.39, 0.29) is 5.82 Å². The van der Waals surface area contributed by atoms with Gasteiger partial charge in [0.25, 0.3) is 0 Å². The molecule has 1 aliphatic heterocycles. The Morgan fingerprint density at radius 3 is 3.13 bits per heavy atom. The third-order valence-corrected chi connectivity index (χ3v) is 2.66. The topological polar surface area (TPSA) is 73.0 Å². The van der Waals surface area contributed by atoms with Crippen molar-refractivity contribution in [2.75, 3.05) is 6.54 Å². The molecule has 2 heterocycles. The maximum atomic E-state index is 10.6. The lowest BCUT2D eigenvalue weighted by Crippen LogP contribution is -2.26. The Labute approximate surface area is 87.4 Å². The number of rotatable bonds is 3. The van der Waals surface area contributed by atoms with Crippen LogP contribution in [-0.2, 0) is 6.54 Å². The molecule has 6 nitrogen and oxygen atoms in total. The van der Waals surface area contributed by atoms with Gasteiger partial charge in [-0.1, -0.05) is 0 Å². The minimum Gasteiger partial charge on any atom is -0.358 e. The van der Waals surface area contributed by atoms with Gasteiger partial charge < -0.3 is 15.4 Å². The first-order chi connectivity index (χ1) is 7.16. The Morgan fingerprint density at radius 1 is 1.80 bits per heavy atom. The van der Waals surface area contributed by atoms with E-state index in [1.54, 1.807) is 17.8 Å². The molecule has 0 aliphatic carbocycles. The van der Waals surface area contributed by atoms with Crippen molar-refractivity contribution in [1.82, 2.24) is 15.1 Å². The lowest BCUT2D eigenvalue weighted by molar-refractivity contribution is -0.390. The normalized spacial score (nSPS) is 20.7. The van der Waals surface area contributed by atoms with Crippen molar-refractivity contribution in [3.05, 3.63) is 21.9 Å². The predicted molar refractivity (Wildman–Crippen MR) is 54.6 cm³/mol. The molecule has 1 aromatic rings. The van der Waals surface area contributed by atoms with Gasteiger partial charge in [0.15, 0.2) is 0 Å². The van der Waals surface area contributed by atoms with E-state index >= 15 is 0 Å². The van der Waals surface area contributed by atoms with Gasteiger partial charge in [-0.15, -0.1) is 0 Å². The highest BCUT2D eigenvalue weighted by Gasteiger charge is 2.20. The molecule has 0 spiro atoms. The lowest BCUT2D eigenvalue weighted by atomic mass is 10.2. The smallest absolute Gasteiger partial charge is 0.358 e. The molecular formula is C9H14N4O2. The average molecular weight is 210 g/mol. The van der Waals surface area contributed by atoms with E-state index in [4.69, 9.17) is 0 Å². The van der Waals surface area contributed by atoms with Gasteiger partial charge in [0.2, 0.25) is 0 Å². The fourth-order valence-corrected chi connectivity index (χ4v) is 1.92. The maximum Gasteiger partial charge on any atom is 0.392 e. The molecule has 82 valence electrons. The maximum absolute atomic E-state index is 10.6. The first kappa shape index (κ1) is 10.1. The van der Waals surface area contributed by atoms with Crippen LogP contribution in [0.3, 0.4) is 0 Å². The summed E-state index contributed by atoms with van der Waals surface area (Å²) in [6.45, 7) is 3.46. The van der Waals surface area contributed by atoms with Crippen LogP contribution in [0.1, 0.15) is 18.4 Å². The molecule has 1 aromatic heterocycles. The second-order valence-corrected chi connectivity index (χ2v) is 3.91. The molecule has 1 atom stereocenters. The van der Waals surface area contributed by atoms with Gasteiger partial charge in [-0.2, -0.15) is 4.68 Å². The Balaban J connectivity index is 2.08. The first-order valence-electron chi connectivity index (χ1n) is 5.08. The van der Waals surface area contributed by atoms with Crippen molar-refractivity contribution in [2.45, 2.75) is 32.4 Å². The van der Waals surface area contributed by atoms with Crippen LogP contribution in [0, 0.1) is 17.0 Å². The zero-order chi connectivity index (χ0) is 10.8. The second kappa shape index (κ2) is 3.98. The van der Waals surface area contributed by atoms with Crippen molar-refractivity contribution in [3.8, 4) is 0 Å². The second-order valence-electron chi connectivity index (χ2n) is 3.91. The van der Waals surface area contributed by atoms with E-state index in [1.165, 1.54) is 6.42 Å². The van der Waals surface area contributed by atoms with Gasteiger partial charge in [-0.3, -0.25) is 0 Å². The van der Waals surface area contributed by atoms with Gasteiger partial charge >= 0.3 is 5.82 Å². The summed E-state index contributed by atoms with van der Waals surface area (Å²) in [6.07, 6.45) is 4.03. The van der Waals surface area contributed by atoms with Gasteiger partial charge in [-0.05, 0) is 31.2 Å². The van der Waals surface area contributed by atoms with Crippen molar-refractivity contribution in [2.24, 2.45) is 0 Å². The summed E-state index contributed by atoms with van der Waals surface area (Å²) in [5.41, 5.74) is 0.623. The van der Waals surface area contributed by atoms with Crippen LogP contribution < -0.4 is 5.32 Å². The fourth-order valence-electron chi connectivity index (χ4n) is 1.92. The van der Waals surface area contributed by atoms with Crippen molar-refractivity contribution < 1.29 is 4.92 Å². The van der Waals surface area contributed by atoms with Crippen LogP contribution in [0.5, 0.6) is 0 Å². The van der Waals surface area contributed by atoms with Gasteiger partial charge in [-0.25, -0.2) is 0 Å². The number of aromatic nitrogens is 2. The van der Waals surface area contributed by atoms with Crippen molar-refractivity contribution >= 4 is 5.82 Å². The minimum atomic E-state index is -0.437. The van der Waals surface area contributed by atoms with E-state index in [1.807, 2.05) is 0 Å². The monoisotopic (exact) mass is 210 g/mol. The molecule has 0 aromatic carbocycles. The van der Waals surface area contributed by atoms with E-state index in [0.29, 0.717) is 18.2 Å². The summed E-state index contributed by atoms with van der Waals surface area (Å²) in [6, 6.07) is 0.406. The predicted octanol–water partition coefficient (Wildman–Crippen LogP) is 0.852. The lowest BCUT2D eigenvalue weighted by Gasteiger charge is -2.06. The molecule has 0 saturated carbocycles. The van der Waals surface area contributed by atoms with Crippen LogP contribution in [0.15, 0.2) is 6.20 Å². The summed E-state index contributed by atoms with van der Waals surface area (Å²) >= 11 is 0. The highest BCUT2D eigenvalue weighted by molar-refractivity contribution is 5.28. The number of hydrogen-bond donors (Lipinski definition) is 1. The standard InChI is InChI=1S/C9H14N4O2/c1-7-5-12(11-9(7)13(14)15)6-8-3-2-4-10-8/h5,8,10H,2-4,6H2,1H3/t8-/m0/s1. The third kappa shape index (κ3) is 2.15. The Hall–Kier alpha value is -1.43. The highest BCUT2D eigenvalue weighted by atomic mass is 16.6. The molecule has 2 rings (SSSR count). The highest BCUT2D eigenvalue weighted by Crippen LogP contribution is 2.15. The van der Waals surface area contributed by atoms with Crippen LogP contribution in [0.4, 0.5) is 5.82 Å². The number of nitro groups is 1. The zero-order valence-corrected chi connectivity index (χ0v) is 8.64. The molecule has 1 saturated heterocycles. The molecule has 1 fully saturated rings. The van der Waals surface area contributed by atoms with E-state index in [2.05, 4.69) is 10.4 Å². The van der Waals surface area contributed by atoms with E-state index in [0.717, 1.165) is 13.0 Å². The minimum absolute atomic E-state index is 0.0343. The molecule has 0 radical (unpaired) electrons. The number of nitrogens with zero attached hydrogens (tertiary/aromatic N) is 3. The van der Waals surface area contributed by atoms with Crippen LogP contribution in [0.2, 0.25) is 0 Å². The molecule has 6 heteroatoms. The largest absolute Gasteiger partial charge is 0.392 e. The number of nitrogens with one attached hydrogen (secondary N) is 1.